The van der Waals surface area contributed by atoms with Crippen LogP contribution >= 0.6 is 0 Å². The molecule has 0 bridgehead atoms. The van der Waals surface area contributed by atoms with E-state index < -0.39 is 6.04 Å². The van der Waals surface area contributed by atoms with Gasteiger partial charge in [0.1, 0.15) is 5.82 Å². The first-order valence-electron chi connectivity index (χ1n) is 7.93. The Labute approximate surface area is 126 Å². The van der Waals surface area contributed by atoms with Gasteiger partial charge in [-0.3, -0.25) is 4.79 Å². The molecule has 1 aliphatic rings. The molecule has 1 unspecified atom stereocenters. The van der Waals surface area contributed by atoms with E-state index in [-0.39, 0.29) is 11.7 Å². The molecule has 1 atom stereocenters. The van der Waals surface area contributed by atoms with E-state index >= 15 is 0 Å². The Morgan fingerprint density at radius 3 is 2.71 bits per heavy atom. The summed E-state index contributed by atoms with van der Waals surface area (Å²) < 4.78 is 13.4. The van der Waals surface area contributed by atoms with Crippen molar-refractivity contribution in [3.63, 3.8) is 0 Å². The van der Waals surface area contributed by atoms with Crippen LogP contribution in [0.15, 0.2) is 24.3 Å². The SMILES string of the molecule is NC(CC1CCCCC1)C(=O)NCCc1ccccc1F. The highest BCUT2D eigenvalue weighted by Crippen LogP contribution is 2.26. The molecule has 0 spiro atoms. The van der Waals surface area contributed by atoms with Crippen molar-refractivity contribution < 1.29 is 9.18 Å². The normalized spacial score (nSPS) is 17.4. The molecular weight excluding hydrogens is 267 g/mol. The first kappa shape index (κ1) is 16.0. The van der Waals surface area contributed by atoms with Crippen molar-refractivity contribution in [3.05, 3.63) is 35.6 Å². The molecule has 1 aromatic rings. The minimum absolute atomic E-state index is 0.114. The Morgan fingerprint density at radius 1 is 1.29 bits per heavy atom. The molecule has 0 aliphatic heterocycles. The fourth-order valence-corrected chi connectivity index (χ4v) is 3.04. The van der Waals surface area contributed by atoms with E-state index in [4.69, 9.17) is 5.73 Å². The molecule has 1 aromatic carbocycles. The Morgan fingerprint density at radius 2 is 2.00 bits per heavy atom. The number of amides is 1. The summed E-state index contributed by atoms with van der Waals surface area (Å²) in [5.41, 5.74) is 6.60. The summed E-state index contributed by atoms with van der Waals surface area (Å²) in [4.78, 5) is 12.0. The van der Waals surface area contributed by atoms with Gasteiger partial charge in [0, 0.05) is 6.54 Å². The van der Waals surface area contributed by atoms with E-state index in [1.165, 1.54) is 38.2 Å². The zero-order valence-corrected chi connectivity index (χ0v) is 12.5. The van der Waals surface area contributed by atoms with Crippen LogP contribution in [0.5, 0.6) is 0 Å². The summed E-state index contributed by atoms with van der Waals surface area (Å²) >= 11 is 0. The molecule has 3 N–H and O–H groups in total. The van der Waals surface area contributed by atoms with Gasteiger partial charge < -0.3 is 11.1 Å². The molecule has 4 heteroatoms. The number of carbonyl (C=O) groups is 1. The minimum atomic E-state index is -0.436. The van der Waals surface area contributed by atoms with E-state index in [1.54, 1.807) is 18.2 Å². The van der Waals surface area contributed by atoms with Crippen LogP contribution in [0, 0.1) is 11.7 Å². The number of halogens is 1. The van der Waals surface area contributed by atoms with E-state index in [1.807, 2.05) is 0 Å². The molecule has 1 fully saturated rings. The Bertz CT molecular complexity index is 458. The van der Waals surface area contributed by atoms with Crippen molar-refractivity contribution in [1.29, 1.82) is 0 Å². The van der Waals surface area contributed by atoms with Gasteiger partial charge in [-0.25, -0.2) is 4.39 Å². The van der Waals surface area contributed by atoms with Crippen molar-refractivity contribution in [3.8, 4) is 0 Å². The van der Waals surface area contributed by atoms with Gasteiger partial charge in [-0.15, -0.1) is 0 Å². The third kappa shape index (κ3) is 5.12. The number of carbonyl (C=O) groups excluding carboxylic acids is 1. The highest BCUT2D eigenvalue weighted by molar-refractivity contribution is 5.81. The molecule has 0 heterocycles. The van der Waals surface area contributed by atoms with Gasteiger partial charge in [-0.2, -0.15) is 0 Å². The highest BCUT2D eigenvalue weighted by Gasteiger charge is 2.20. The minimum Gasteiger partial charge on any atom is -0.354 e. The van der Waals surface area contributed by atoms with Crippen molar-refractivity contribution in [2.45, 2.75) is 51.0 Å². The van der Waals surface area contributed by atoms with Crippen LogP contribution in [0.25, 0.3) is 0 Å². The van der Waals surface area contributed by atoms with E-state index in [0.29, 0.717) is 24.4 Å². The lowest BCUT2D eigenvalue weighted by molar-refractivity contribution is -0.122. The van der Waals surface area contributed by atoms with Crippen LogP contribution in [0.2, 0.25) is 0 Å². The number of nitrogens with one attached hydrogen (secondary N) is 1. The Hall–Kier alpha value is -1.42. The van der Waals surface area contributed by atoms with Crippen LogP contribution in [-0.2, 0) is 11.2 Å². The Balaban J connectivity index is 1.70. The van der Waals surface area contributed by atoms with E-state index in [0.717, 1.165) is 6.42 Å². The van der Waals surface area contributed by atoms with Gasteiger partial charge >= 0.3 is 0 Å². The summed E-state index contributed by atoms with van der Waals surface area (Å²) in [6.45, 7) is 0.429. The van der Waals surface area contributed by atoms with Gasteiger partial charge in [0.2, 0.25) is 5.91 Å². The Kier molecular flexibility index (Phi) is 6.18. The summed E-state index contributed by atoms with van der Waals surface area (Å²) in [5.74, 6) is 0.251. The van der Waals surface area contributed by atoms with Gasteiger partial charge in [-0.05, 0) is 30.4 Å². The molecule has 0 radical (unpaired) electrons. The monoisotopic (exact) mass is 292 g/mol. The third-order valence-electron chi connectivity index (χ3n) is 4.30. The maximum Gasteiger partial charge on any atom is 0.236 e. The summed E-state index contributed by atoms with van der Waals surface area (Å²) in [6.07, 6.45) is 7.46. The summed E-state index contributed by atoms with van der Waals surface area (Å²) in [6, 6.07) is 6.20. The van der Waals surface area contributed by atoms with Gasteiger partial charge in [0.05, 0.1) is 6.04 Å². The van der Waals surface area contributed by atoms with Crippen LogP contribution in [0.4, 0.5) is 4.39 Å². The largest absolute Gasteiger partial charge is 0.354 e. The molecular formula is C17H25FN2O. The fraction of sp³-hybridized carbons (Fsp3) is 0.588. The molecule has 21 heavy (non-hydrogen) atoms. The van der Waals surface area contributed by atoms with Crippen LogP contribution in [0.1, 0.15) is 44.1 Å². The predicted molar refractivity (Wildman–Crippen MR) is 82.3 cm³/mol. The standard InChI is InChI=1S/C17H25FN2O/c18-15-9-5-4-8-14(15)10-11-20-17(21)16(19)12-13-6-2-1-3-7-13/h4-5,8-9,13,16H,1-3,6-7,10-12,19H2,(H,20,21). The number of benzene rings is 1. The molecule has 3 nitrogen and oxygen atoms in total. The van der Waals surface area contributed by atoms with Crippen LogP contribution in [0.3, 0.4) is 0 Å². The molecule has 0 aromatic heterocycles. The average Bonchev–Trinajstić information content (AvgIpc) is 2.50. The molecule has 2 rings (SSSR count). The smallest absolute Gasteiger partial charge is 0.236 e. The molecule has 1 saturated carbocycles. The second-order valence-electron chi connectivity index (χ2n) is 5.98. The van der Waals surface area contributed by atoms with Crippen molar-refractivity contribution in [2.24, 2.45) is 11.7 Å². The lowest BCUT2D eigenvalue weighted by Crippen LogP contribution is -2.42. The first-order valence-corrected chi connectivity index (χ1v) is 7.93. The van der Waals surface area contributed by atoms with Crippen molar-refractivity contribution >= 4 is 5.91 Å². The predicted octanol–water partition coefficient (Wildman–Crippen LogP) is 2.78. The molecule has 116 valence electrons. The zero-order chi connectivity index (χ0) is 15.1. The van der Waals surface area contributed by atoms with Gasteiger partial charge in [0.15, 0.2) is 0 Å². The topological polar surface area (TPSA) is 55.1 Å². The zero-order valence-electron chi connectivity index (χ0n) is 12.5. The summed E-state index contributed by atoms with van der Waals surface area (Å²) in [5, 5.41) is 2.82. The van der Waals surface area contributed by atoms with Gasteiger partial charge in [0.25, 0.3) is 0 Å². The van der Waals surface area contributed by atoms with Gasteiger partial charge in [-0.1, -0.05) is 50.3 Å². The lowest BCUT2D eigenvalue weighted by Gasteiger charge is -2.24. The first-order chi connectivity index (χ1) is 10.2. The highest BCUT2D eigenvalue weighted by atomic mass is 19.1. The third-order valence-corrected chi connectivity index (χ3v) is 4.30. The van der Waals surface area contributed by atoms with Crippen LogP contribution in [-0.4, -0.2) is 18.5 Å². The number of hydrogen-bond donors (Lipinski definition) is 2. The average molecular weight is 292 g/mol. The molecule has 1 aliphatic carbocycles. The molecule has 1 amide bonds. The van der Waals surface area contributed by atoms with Crippen molar-refractivity contribution in [2.75, 3.05) is 6.54 Å². The number of hydrogen-bond acceptors (Lipinski definition) is 2. The summed E-state index contributed by atoms with van der Waals surface area (Å²) in [7, 11) is 0. The van der Waals surface area contributed by atoms with Crippen molar-refractivity contribution in [1.82, 2.24) is 5.32 Å². The van der Waals surface area contributed by atoms with E-state index in [2.05, 4.69) is 5.32 Å². The second-order valence-corrected chi connectivity index (χ2v) is 5.98. The second kappa shape index (κ2) is 8.13. The molecule has 0 saturated heterocycles. The van der Waals surface area contributed by atoms with Crippen LogP contribution < -0.4 is 11.1 Å². The lowest BCUT2D eigenvalue weighted by atomic mass is 9.85. The quantitative estimate of drug-likeness (QED) is 0.847. The maximum atomic E-state index is 13.4. The fourth-order valence-electron chi connectivity index (χ4n) is 3.04. The number of nitrogens with two attached hydrogens (primary N) is 1. The van der Waals surface area contributed by atoms with E-state index in [9.17, 15) is 9.18 Å². The maximum absolute atomic E-state index is 13.4. The number of rotatable bonds is 6.